The van der Waals surface area contributed by atoms with Crippen LogP contribution in [0.5, 0.6) is 11.5 Å². The molecule has 6 nitrogen and oxygen atoms in total. The van der Waals surface area contributed by atoms with Crippen LogP contribution < -0.4 is 10.5 Å². The Morgan fingerprint density at radius 2 is 2.00 bits per heavy atom. The molecule has 0 saturated heterocycles. The summed E-state index contributed by atoms with van der Waals surface area (Å²) < 4.78 is 5.98. The summed E-state index contributed by atoms with van der Waals surface area (Å²) in [5.74, 6) is 2.29. The second kappa shape index (κ2) is 5.25. The van der Waals surface area contributed by atoms with Gasteiger partial charge in [-0.15, -0.1) is 11.3 Å². The Morgan fingerprint density at radius 1 is 1.19 bits per heavy atom. The number of thiazole rings is 1. The van der Waals surface area contributed by atoms with Gasteiger partial charge in [-0.2, -0.15) is 0 Å². The number of hydrogen-bond acceptors (Lipinski definition) is 7. The van der Waals surface area contributed by atoms with Crippen molar-refractivity contribution in [2.24, 2.45) is 0 Å². The highest BCUT2D eigenvalue weighted by atomic mass is 32.1. The number of hydrogen-bond donors (Lipinski definition) is 1. The van der Waals surface area contributed by atoms with E-state index in [2.05, 4.69) is 33.8 Å². The van der Waals surface area contributed by atoms with Crippen molar-refractivity contribution >= 4 is 27.5 Å². The minimum Gasteiger partial charge on any atom is -0.449 e. The van der Waals surface area contributed by atoms with Crippen LogP contribution in [0, 0.1) is 6.92 Å². The summed E-state index contributed by atoms with van der Waals surface area (Å²) in [5, 5.41) is 0. The quantitative estimate of drug-likeness (QED) is 0.798. The van der Waals surface area contributed by atoms with E-state index in [4.69, 9.17) is 10.5 Å². The van der Waals surface area contributed by atoms with Gasteiger partial charge in [-0.1, -0.05) is 13.8 Å². The van der Waals surface area contributed by atoms with Gasteiger partial charge in [0.1, 0.15) is 16.2 Å². The van der Waals surface area contributed by atoms with E-state index in [0.29, 0.717) is 23.1 Å². The number of aryl methyl sites for hydroxylation is 1. The zero-order valence-electron chi connectivity index (χ0n) is 12.0. The first kappa shape index (κ1) is 13.7. The van der Waals surface area contributed by atoms with E-state index >= 15 is 0 Å². The molecule has 0 aliphatic heterocycles. The summed E-state index contributed by atoms with van der Waals surface area (Å²) in [6.45, 7) is 5.94. The summed E-state index contributed by atoms with van der Waals surface area (Å²) >= 11 is 1.47. The fourth-order valence-corrected chi connectivity index (χ4v) is 2.62. The molecule has 0 aromatic carbocycles. The third-order valence-electron chi connectivity index (χ3n) is 3.08. The lowest BCUT2D eigenvalue weighted by atomic mass is 10.0. The predicted octanol–water partition coefficient (Wildman–Crippen LogP) is 3.29. The van der Waals surface area contributed by atoms with Crippen LogP contribution in [-0.2, 0) is 0 Å². The molecule has 0 amide bonds. The van der Waals surface area contributed by atoms with Crippen LogP contribution in [0.3, 0.4) is 0 Å². The van der Waals surface area contributed by atoms with E-state index in [-0.39, 0.29) is 5.92 Å². The van der Waals surface area contributed by atoms with Crippen molar-refractivity contribution in [1.29, 1.82) is 0 Å². The van der Waals surface area contributed by atoms with Crippen molar-refractivity contribution in [3.63, 3.8) is 0 Å². The molecule has 108 valence electrons. The second-order valence-electron chi connectivity index (χ2n) is 4.97. The lowest BCUT2D eigenvalue weighted by Gasteiger charge is -2.14. The number of fused-ring (bicyclic) bond motifs is 1. The fourth-order valence-electron chi connectivity index (χ4n) is 1.99. The third-order valence-corrected chi connectivity index (χ3v) is 3.82. The predicted molar refractivity (Wildman–Crippen MR) is 82.8 cm³/mol. The Morgan fingerprint density at radius 3 is 2.71 bits per heavy atom. The lowest BCUT2D eigenvalue weighted by molar-refractivity contribution is 0.474. The molecule has 2 N–H and O–H groups in total. The molecule has 0 unspecified atom stereocenters. The highest BCUT2D eigenvalue weighted by molar-refractivity contribution is 7.16. The molecule has 0 atom stereocenters. The van der Waals surface area contributed by atoms with E-state index in [1.807, 2.05) is 6.20 Å². The zero-order chi connectivity index (χ0) is 15.0. The summed E-state index contributed by atoms with van der Waals surface area (Å²) in [5.41, 5.74) is 9.38. The Bertz CT molecular complexity index is 799. The van der Waals surface area contributed by atoms with E-state index in [1.165, 1.54) is 11.3 Å². The van der Waals surface area contributed by atoms with Crippen LogP contribution in [0.15, 0.2) is 17.9 Å². The lowest BCUT2D eigenvalue weighted by Crippen LogP contribution is -2.02. The number of anilines is 1. The van der Waals surface area contributed by atoms with Gasteiger partial charge in [0.2, 0.25) is 0 Å². The molecule has 0 bridgehead atoms. The first-order valence-electron chi connectivity index (χ1n) is 6.55. The first-order valence-corrected chi connectivity index (χ1v) is 7.43. The first-order chi connectivity index (χ1) is 10.1. The molecule has 0 spiro atoms. The van der Waals surface area contributed by atoms with Gasteiger partial charge in [0, 0.05) is 11.8 Å². The molecule has 0 radical (unpaired) electrons. The maximum Gasteiger partial charge on any atom is 0.187 e. The van der Waals surface area contributed by atoms with Crippen molar-refractivity contribution in [2.75, 3.05) is 5.73 Å². The highest BCUT2D eigenvalue weighted by Gasteiger charge is 2.17. The van der Waals surface area contributed by atoms with Gasteiger partial charge >= 0.3 is 0 Å². The molecule has 0 aliphatic carbocycles. The van der Waals surface area contributed by atoms with Crippen molar-refractivity contribution in [2.45, 2.75) is 26.7 Å². The fraction of sp³-hybridized carbons (Fsp3) is 0.286. The van der Waals surface area contributed by atoms with E-state index in [1.54, 1.807) is 18.6 Å². The maximum absolute atomic E-state index is 5.98. The third kappa shape index (κ3) is 2.52. The monoisotopic (exact) mass is 301 g/mol. The highest BCUT2D eigenvalue weighted by Crippen LogP contribution is 2.37. The number of pyridine rings is 1. The van der Waals surface area contributed by atoms with Crippen molar-refractivity contribution in [3.8, 4) is 11.5 Å². The minimum absolute atomic E-state index is 0.256. The summed E-state index contributed by atoms with van der Waals surface area (Å²) in [7, 11) is 0. The maximum atomic E-state index is 5.98. The molecule has 3 heterocycles. The number of rotatable bonds is 3. The van der Waals surface area contributed by atoms with Crippen LogP contribution in [0.1, 0.15) is 31.2 Å². The molecule has 0 aliphatic rings. The summed E-state index contributed by atoms with van der Waals surface area (Å²) in [4.78, 5) is 17.9. The van der Waals surface area contributed by atoms with Gasteiger partial charge in [-0.25, -0.2) is 19.9 Å². The zero-order valence-corrected chi connectivity index (χ0v) is 12.8. The average Bonchev–Trinajstić information content (AvgIpc) is 2.90. The average molecular weight is 301 g/mol. The molecule has 3 rings (SSSR count). The molecule has 21 heavy (non-hydrogen) atoms. The van der Waals surface area contributed by atoms with Crippen molar-refractivity contribution < 1.29 is 4.74 Å². The van der Waals surface area contributed by atoms with Crippen LogP contribution in [0.25, 0.3) is 10.3 Å². The molecule has 3 aromatic heterocycles. The number of nitrogens with zero attached hydrogens (tertiary/aromatic N) is 4. The molecular formula is C14H15N5OS. The normalized spacial score (nSPS) is 11.2. The Kier molecular flexibility index (Phi) is 3.42. The standard InChI is InChI=1S/C14H15N5OS/c1-7(2)9-4-17-14-11(18-6-21-14)12(9)20-10-5-16-8(3)19-13(10)15/h4-7H,1-3H3,(H2,15,16,19). The molecule has 0 saturated carbocycles. The number of aromatic nitrogens is 4. The van der Waals surface area contributed by atoms with Crippen LogP contribution in [-0.4, -0.2) is 19.9 Å². The Balaban J connectivity index is 2.14. The van der Waals surface area contributed by atoms with E-state index in [9.17, 15) is 0 Å². The largest absolute Gasteiger partial charge is 0.449 e. The molecular weight excluding hydrogens is 286 g/mol. The molecule has 0 fully saturated rings. The van der Waals surface area contributed by atoms with Gasteiger partial charge in [0.15, 0.2) is 17.3 Å². The Hall–Kier alpha value is -2.28. The number of nitrogens with two attached hydrogens (primary N) is 1. The number of ether oxygens (including phenoxy) is 1. The van der Waals surface area contributed by atoms with E-state index in [0.717, 1.165) is 15.9 Å². The van der Waals surface area contributed by atoms with Gasteiger partial charge in [-0.05, 0) is 12.8 Å². The van der Waals surface area contributed by atoms with Crippen LogP contribution in [0.4, 0.5) is 5.82 Å². The smallest absolute Gasteiger partial charge is 0.187 e. The Labute approximate surface area is 126 Å². The van der Waals surface area contributed by atoms with Crippen molar-refractivity contribution in [1.82, 2.24) is 19.9 Å². The second-order valence-corrected chi connectivity index (χ2v) is 5.81. The summed E-state index contributed by atoms with van der Waals surface area (Å²) in [6.07, 6.45) is 3.41. The summed E-state index contributed by atoms with van der Waals surface area (Å²) in [6, 6.07) is 0. The van der Waals surface area contributed by atoms with E-state index < -0.39 is 0 Å². The number of nitrogen functional groups attached to an aromatic ring is 1. The van der Waals surface area contributed by atoms with Gasteiger partial charge in [0.05, 0.1) is 11.7 Å². The molecule has 7 heteroatoms. The van der Waals surface area contributed by atoms with Crippen molar-refractivity contribution in [3.05, 3.63) is 29.3 Å². The van der Waals surface area contributed by atoms with Gasteiger partial charge in [-0.3, -0.25) is 0 Å². The van der Waals surface area contributed by atoms with Gasteiger partial charge < -0.3 is 10.5 Å². The SMILES string of the molecule is Cc1ncc(Oc2c(C(C)C)cnc3scnc23)c(N)n1. The van der Waals surface area contributed by atoms with Crippen LogP contribution >= 0.6 is 11.3 Å². The van der Waals surface area contributed by atoms with Crippen LogP contribution in [0.2, 0.25) is 0 Å². The molecule has 3 aromatic rings. The topological polar surface area (TPSA) is 86.8 Å². The minimum atomic E-state index is 0.256. The van der Waals surface area contributed by atoms with Gasteiger partial charge in [0.25, 0.3) is 0 Å².